The van der Waals surface area contributed by atoms with Crippen molar-refractivity contribution in [2.45, 2.75) is 32.7 Å². The van der Waals surface area contributed by atoms with Crippen molar-refractivity contribution in [1.29, 1.82) is 0 Å². The lowest BCUT2D eigenvalue weighted by atomic mass is 9.79. The van der Waals surface area contributed by atoms with Crippen LogP contribution in [0.25, 0.3) is 0 Å². The maximum atomic E-state index is 11.6. The number of nitro groups is 1. The second-order valence-corrected chi connectivity index (χ2v) is 6.93. The van der Waals surface area contributed by atoms with Crippen molar-refractivity contribution >= 4 is 11.6 Å². The fourth-order valence-corrected chi connectivity index (χ4v) is 4.01. The monoisotopic (exact) mass is 317 g/mol. The first-order valence-corrected chi connectivity index (χ1v) is 8.19. The highest BCUT2D eigenvalue weighted by Gasteiger charge is 2.41. The van der Waals surface area contributed by atoms with E-state index in [2.05, 4.69) is 4.90 Å². The zero-order chi connectivity index (χ0) is 16.4. The Kier molecular flexibility index (Phi) is 4.35. The van der Waals surface area contributed by atoms with Gasteiger partial charge in [0.1, 0.15) is 0 Å². The molecule has 1 spiro atoms. The van der Waals surface area contributed by atoms with Crippen LogP contribution in [-0.4, -0.2) is 46.8 Å². The quantitative estimate of drug-likeness (QED) is 0.634. The average molecular weight is 317 g/mol. The average Bonchev–Trinajstić information content (AvgIpc) is 2.91. The molecule has 0 aliphatic carbocycles. The fourth-order valence-electron chi connectivity index (χ4n) is 4.01. The Balaban J connectivity index is 1.66. The molecule has 6 heteroatoms. The van der Waals surface area contributed by atoms with Crippen LogP contribution in [0.1, 0.15) is 31.7 Å². The zero-order valence-electron chi connectivity index (χ0n) is 13.5. The molecule has 2 fully saturated rings. The van der Waals surface area contributed by atoms with Crippen molar-refractivity contribution in [3.05, 3.63) is 39.9 Å². The van der Waals surface area contributed by atoms with E-state index in [0.717, 1.165) is 51.1 Å². The van der Waals surface area contributed by atoms with Gasteiger partial charge in [-0.25, -0.2) is 0 Å². The number of hydrogen-bond donors (Lipinski definition) is 0. The number of piperidine rings is 1. The zero-order valence-corrected chi connectivity index (χ0v) is 13.5. The molecular formula is C17H23N3O3. The molecule has 1 unspecified atom stereocenters. The van der Waals surface area contributed by atoms with Gasteiger partial charge in [-0.1, -0.05) is 12.1 Å². The smallest absolute Gasteiger partial charge is 0.269 e. The molecule has 3 rings (SSSR count). The summed E-state index contributed by atoms with van der Waals surface area (Å²) in [5, 5.41) is 10.9. The number of likely N-dealkylation sites (tertiary alicyclic amines) is 2. The number of amides is 1. The molecule has 124 valence electrons. The van der Waals surface area contributed by atoms with E-state index in [4.69, 9.17) is 0 Å². The summed E-state index contributed by atoms with van der Waals surface area (Å²) in [6.07, 6.45) is 3.36. The topological polar surface area (TPSA) is 66.7 Å². The van der Waals surface area contributed by atoms with Crippen LogP contribution in [0.5, 0.6) is 0 Å². The van der Waals surface area contributed by atoms with Crippen LogP contribution >= 0.6 is 0 Å². The second kappa shape index (κ2) is 6.28. The summed E-state index contributed by atoms with van der Waals surface area (Å²) in [6.45, 7) is 6.09. The Bertz CT molecular complexity index is 619. The predicted octanol–water partition coefficient (Wildman–Crippen LogP) is 2.43. The summed E-state index contributed by atoms with van der Waals surface area (Å²) < 4.78 is 0. The van der Waals surface area contributed by atoms with Gasteiger partial charge in [-0.3, -0.25) is 19.8 Å². The van der Waals surface area contributed by atoms with Crippen LogP contribution in [0.4, 0.5) is 5.69 Å². The van der Waals surface area contributed by atoms with E-state index >= 15 is 0 Å². The van der Waals surface area contributed by atoms with Crippen molar-refractivity contribution < 1.29 is 9.72 Å². The highest BCUT2D eigenvalue weighted by molar-refractivity contribution is 5.73. The Morgan fingerprint density at radius 1 is 1.30 bits per heavy atom. The largest absolute Gasteiger partial charge is 0.342 e. The van der Waals surface area contributed by atoms with Crippen LogP contribution < -0.4 is 0 Å². The van der Waals surface area contributed by atoms with Gasteiger partial charge in [0, 0.05) is 50.7 Å². The maximum absolute atomic E-state index is 11.6. The van der Waals surface area contributed by atoms with Crippen LogP contribution in [0, 0.1) is 15.5 Å². The lowest BCUT2D eigenvalue weighted by molar-refractivity contribution is -0.384. The van der Waals surface area contributed by atoms with Gasteiger partial charge in [0.2, 0.25) is 5.91 Å². The van der Waals surface area contributed by atoms with Gasteiger partial charge in [0.25, 0.3) is 5.69 Å². The molecule has 2 aliphatic heterocycles. The van der Waals surface area contributed by atoms with Gasteiger partial charge in [-0.05, 0) is 31.4 Å². The van der Waals surface area contributed by atoms with Crippen LogP contribution in [0.15, 0.2) is 24.3 Å². The number of hydrogen-bond acceptors (Lipinski definition) is 4. The molecule has 0 saturated carbocycles. The molecule has 0 bridgehead atoms. The van der Waals surface area contributed by atoms with E-state index in [1.807, 2.05) is 11.0 Å². The first-order valence-electron chi connectivity index (χ1n) is 8.19. The summed E-state index contributed by atoms with van der Waals surface area (Å²) in [6, 6.07) is 6.89. The third-order valence-corrected chi connectivity index (χ3v) is 5.15. The molecule has 1 aromatic carbocycles. The summed E-state index contributed by atoms with van der Waals surface area (Å²) in [5.74, 6) is 0.165. The molecule has 1 aromatic rings. The SMILES string of the molecule is CC(=O)N1CCC2(CCCN(Cc3cccc([N+](=O)[O-])c3)C2)C1. The van der Waals surface area contributed by atoms with E-state index in [0.29, 0.717) is 0 Å². The minimum Gasteiger partial charge on any atom is -0.342 e. The number of nitro benzene ring substituents is 1. The van der Waals surface area contributed by atoms with Crippen LogP contribution in [0.2, 0.25) is 0 Å². The maximum Gasteiger partial charge on any atom is 0.269 e. The summed E-state index contributed by atoms with van der Waals surface area (Å²) >= 11 is 0. The van der Waals surface area contributed by atoms with E-state index in [-0.39, 0.29) is 21.9 Å². The number of non-ortho nitro benzene ring substituents is 1. The molecule has 2 saturated heterocycles. The van der Waals surface area contributed by atoms with Crippen molar-refractivity contribution in [3.8, 4) is 0 Å². The first-order chi connectivity index (χ1) is 11.0. The summed E-state index contributed by atoms with van der Waals surface area (Å²) in [7, 11) is 0. The third kappa shape index (κ3) is 3.52. The van der Waals surface area contributed by atoms with Gasteiger partial charge < -0.3 is 4.90 Å². The van der Waals surface area contributed by atoms with Crippen molar-refractivity contribution in [2.75, 3.05) is 26.2 Å². The number of rotatable bonds is 3. The minimum atomic E-state index is -0.344. The molecular weight excluding hydrogens is 294 g/mol. The van der Waals surface area contributed by atoms with E-state index in [1.165, 1.54) is 12.5 Å². The van der Waals surface area contributed by atoms with Crippen molar-refractivity contribution in [1.82, 2.24) is 9.80 Å². The molecule has 0 aromatic heterocycles. The molecule has 2 heterocycles. The molecule has 1 atom stereocenters. The van der Waals surface area contributed by atoms with Gasteiger partial charge in [0.05, 0.1) is 4.92 Å². The minimum absolute atomic E-state index is 0.151. The normalized spacial score (nSPS) is 25.0. The molecule has 23 heavy (non-hydrogen) atoms. The molecule has 1 amide bonds. The highest BCUT2D eigenvalue weighted by Crippen LogP contribution is 2.39. The van der Waals surface area contributed by atoms with E-state index in [1.54, 1.807) is 19.1 Å². The number of benzene rings is 1. The Hall–Kier alpha value is -1.95. The summed E-state index contributed by atoms with van der Waals surface area (Å²) in [5.41, 5.74) is 1.35. The number of nitrogens with zero attached hydrogens (tertiary/aromatic N) is 3. The van der Waals surface area contributed by atoms with Gasteiger partial charge in [0.15, 0.2) is 0 Å². The van der Waals surface area contributed by atoms with Crippen LogP contribution in [0.3, 0.4) is 0 Å². The lowest BCUT2D eigenvalue weighted by Gasteiger charge is -2.40. The van der Waals surface area contributed by atoms with E-state index in [9.17, 15) is 14.9 Å². The van der Waals surface area contributed by atoms with Crippen LogP contribution in [-0.2, 0) is 11.3 Å². The Morgan fingerprint density at radius 3 is 2.83 bits per heavy atom. The predicted molar refractivity (Wildman–Crippen MR) is 86.9 cm³/mol. The van der Waals surface area contributed by atoms with Gasteiger partial charge in [-0.2, -0.15) is 0 Å². The molecule has 0 radical (unpaired) electrons. The standard InChI is InChI=1S/C17H23N3O3/c1-14(21)19-9-7-17(13-19)6-3-8-18(12-17)11-15-4-2-5-16(10-15)20(22)23/h2,4-5,10H,3,6-9,11-13H2,1H3. The lowest BCUT2D eigenvalue weighted by Crippen LogP contribution is -2.44. The molecule has 0 N–H and O–H groups in total. The molecule has 2 aliphatic rings. The van der Waals surface area contributed by atoms with Gasteiger partial charge in [-0.15, -0.1) is 0 Å². The fraction of sp³-hybridized carbons (Fsp3) is 0.588. The second-order valence-electron chi connectivity index (χ2n) is 6.93. The third-order valence-electron chi connectivity index (χ3n) is 5.15. The number of carbonyl (C=O) groups is 1. The first kappa shape index (κ1) is 15.9. The Morgan fingerprint density at radius 2 is 2.13 bits per heavy atom. The molecule has 6 nitrogen and oxygen atoms in total. The van der Waals surface area contributed by atoms with Crippen molar-refractivity contribution in [2.24, 2.45) is 5.41 Å². The summed E-state index contributed by atoms with van der Waals surface area (Å²) in [4.78, 5) is 26.5. The van der Waals surface area contributed by atoms with Gasteiger partial charge >= 0.3 is 0 Å². The highest BCUT2D eigenvalue weighted by atomic mass is 16.6. The number of carbonyl (C=O) groups excluding carboxylic acids is 1. The van der Waals surface area contributed by atoms with E-state index < -0.39 is 0 Å². The Labute approximate surface area is 136 Å². The van der Waals surface area contributed by atoms with Crippen molar-refractivity contribution in [3.63, 3.8) is 0 Å².